The van der Waals surface area contributed by atoms with Gasteiger partial charge in [0.15, 0.2) is 6.29 Å². The topological polar surface area (TPSA) is 75.6 Å². The molecule has 3 aliphatic heterocycles. The van der Waals surface area contributed by atoms with Crippen LogP contribution < -0.4 is 9.47 Å². The van der Waals surface area contributed by atoms with Crippen LogP contribution >= 0.6 is 0 Å². The summed E-state index contributed by atoms with van der Waals surface area (Å²) in [5.41, 5.74) is 1.31. The summed E-state index contributed by atoms with van der Waals surface area (Å²) in [4.78, 5) is 0. The van der Waals surface area contributed by atoms with Gasteiger partial charge in [0.05, 0.1) is 19.8 Å². The van der Waals surface area contributed by atoms with Crippen molar-refractivity contribution in [2.45, 2.75) is 81.4 Å². The van der Waals surface area contributed by atoms with Crippen LogP contribution in [0.4, 0.5) is 0 Å². The Hall–Kier alpha value is -2.94. The average Bonchev–Trinajstić information content (AvgIpc) is 3.09. The van der Waals surface area contributed by atoms with Gasteiger partial charge < -0.3 is 33.5 Å². The van der Waals surface area contributed by atoms with Crippen molar-refractivity contribution in [3.05, 3.63) is 95.6 Å². The van der Waals surface area contributed by atoms with Crippen LogP contribution in [-0.4, -0.2) is 63.2 Å². The van der Waals surface area contributed by atoms with E-state index in [4.69, 9.17) is 28.4 Å². The summed E-state index contributed by atoms with van der Waals surface area (Å²) in [6, 6.07) is 26.0. The third kappa shape index (κ3) is 7.82. The Morgan fingerprint density at radius 2 is 1.30 bits per heavy atom. The highest BCUT2D eigenvalue weighted by Gasteiger charge is 2.41. The fourth-order valence-electron chi connectivity index (χ4n) is 6.60. The molecule has 0 spiro atoms. The first kappa shape index (κ1) is 31.1. The van der Waals surface area contributed by atoms with E-state index in [0.717, 1.165) is 93.0 Å². The number of aliphatic hydroxyl groups is 1. The number of rotatable bonds is 12. The highest BCUT2D eigenvalue weighted by atomic mass is 16.7. The van der Waals surface area contributed by atoms with Gasteiger partial charge in [-0.25, -0.2) is 0 Å². The standard InChI is InChI=1S/C37H46O7/c38-37(29-8-2-1-3-9-29,30-15-19-32(20-16-30)44-34-11-7-23-40-27-34)35(21-25-42-36-12-4-5-24-41-36)28-13-17-31(18-14-28)43-33-10-6-22-39-26-33/h1-3,8-9,13-20,33-36,38H,4-7,10-12,21-27H2. The Bertz CT molecular complexity index is 1250. The minimum atomic E-state index is -1.33. The first-order valence-electron chi connectivity index (χ1n) is 16.4. The van der Waals surface area contributed by atoms with E-state index in [1.807, 2.05) is 66.7 Å². The Kier molecular flexibility index (Phi) is 10.8. The Morgan fingerprint density at radius 1 is 0.682 bits per heavy atom. The molecule has 1 N–H and O–H groups in total. The molecule has 5 atom stereocenters. The highest BCUT2D eigenvalue weighted by Crippen LogP contribution is 2.45. The number of benzene rings is 3. The Labute approximate surface area is 261 Å². The molecule has 0 aliphatic carbocycles. The minimum absolute atomic E-state index is 0.0513. The molecule has 3 aliphatic rings. The van der Waals surface area contributed by atoms with Crippen LogP contribution in [0.5, 0.6) is 11.5 Å². The molecule has 0 bridgehead atoms. The van der Waals surface area contributed by atoms with Crippen molar-refractivity contribution in [3.63, 3.8) is 0 Å². The summed E-state index contributed by atoms with van der Waals surface area (Å²) in [5.74, 6) is 1.28. The van der Waals surface area contributed by atoms with Crippen LogP contribution in [0.3, 0.4) is 0 Å². The van der Waals surface area contributed by atoms with Gasteiger partial charge in [0, 0.05) is 25.7 Å². The monoisotopic (exact) mass is 602 g/mol. The third-order valence-corrected chi connectivity index (χ3v) is 8.99. The average molecular weight is 603 g/mol. The first-order chi connectivity index (χ1) is 21.7. The van der Waals surface area contributed by atoms with E-state index in [-0.39, 0.29) is 24.4 Å². The highest BCUT2D eigenvalue weighted by molar-refractivity contribution is 5.44. The molecule has 3 fully saturated rings. The lowest BCUT2D eigenvalue weighted by Crippen LogP contribution is -2.36. The predicted octanol–water partition coefficient (Wildman–Crippen LogP) is 6.76. The molecule has 0 amide bonds. The molecule has 3 aromatic rings. The molecule has 0 aromatic heterocycles. The number of hydrogen-bond donors (Lipinski definition) is 1. The molecule has 3 heterocycles. The number of hydrogen-bond acceptors (Lipinski definition) is 7. The van der Waals surface area contributed by atoms with E-state index < -0.39 is 5.60 Å². The molecule has 5 unspecified atom stereocenters. The van der Waals surface area contributed by atoms with Gasteiger partial charge in [0.2, 0.25) is 0 Å². The van der Waals surface area contributed by atoms with E-state index in [9.17, 15) is 5.11 Å². The van der Waals surface area contributed by atoms with Gasteiger partial charge in [-0.05, 0) is 92.3 Å². The van der Waals surface area contributed by atoms with Gasteiger partial charge in [-0.3, -0.25) is 0 Å². The maximum Gasteiger partial charge on any atom is 0.157 e. The van der Waals surface area contributed by atoms with Crippen LogP contribution in [0.15, 0.2) is 78.9 Å². The van der Waals surface area contributed by atoms with Crippen LogP contribution in [0, 0.1) is 0 Å². The predicted molar refractivity (Wildman–Crippen MR) is 168 cm³/mol. The summed E-state index contributed by atoms with van der Waals surface area (Å²) in [7, 11) is 0. The second-order valence-corrected chi connectivity index (χ2v) is 12.1. The van der Waals surface area contributed by atoms with Gasteiger partial charge in [-0.2, -0.15) is 0 Å². The maximum atomic E-state index is 13.0. The van der Waals surface area contributed by atoms with E-state index >= 15 is 0 Å². The van der Waals surface area contributed by atoms with Crippen molar-refractivity contribution in [3.8, 4) is 11.5 Å². The van der Waals surface area contributed by atoms with Gasteiger partial charge in [-0.15, -0.1) is 0 Å². The fourth-order valence-corrected chi connectivity index (χ4v) is 6.60. The maximum absolute atomic E-state index is 13.0. The van der Waals surface area contributed by atoms with E-state index in [1.165, 1.54) is 0 Å². The van der Waals surface area contributed by atoms with Crippen molar-refractivity contribution in [2.24, 2.45) is 0 Å². The lowest BCUT2D eigenvalue weighted by molar-refractivity contribution is -0.164. The lowest BCUT2D eigenvalue weighted by Gasteiger charge is -2.38. The molecule has 7 nitrogen and oxygen atoms in total. The second-order valence-electron chi connectivity index (χ2n) is 12.1. The van der Waals surface area contributed by atoms with Gasteiger partial charge in [0.25, 0.3) is 0 Å². The molecule has 0 saturated carbocycles. The van der Waals surface area contributed by atoms with Crippen molar-refractivity contribution in [1.29, 1.82) is 0 Å². The third-order valence-electron chi connectivity index (χ3n) is 8.99. The molecule has 7 heteroatoms. The molecule has 0 radical (unpaired) electrons. The second kappa shape index (κ2) is 15.4. The summed E-state index contributed by atoms with van der Waals surface area (Å²) < 4.78 is 35.7. The number of ether oxygens (including phenoxy) is 6. The summed E-state index contributed by atoms with van der Waals surface area (Å²) in [6.45, 7) is 4.02. The molecule has 3 saturated heterocycles. The SMILES string of the molecule is OC(c1ccccc1)(c1ccc(OC2CCCOC2)cc1)C(CCOC1CCCCO1)c1ccc(OC2CCCOC2)cc1. The Morgan fingerprint density at radius 3 is 1.86 bits per heavy atom. The molecule has 3 aromatic carbocycles. The van der Waals surface area contributed by atoms with Crippen LogP contribution in [0.2, 0.25) is 0 Å². The van der Waals surface area contributed by atoms with Crippen molar-refractivity contribution in [2.75, 3.05) is 39.6 Å². The summed E-state index contributed by atoms with van der Waals surface area (Å²) in [5, 5.41) is 13.0. The zero-order chi connectivity index (χ0) is 30.0. The lowest BCUT2D eigenvalue weighted by atomic mass is 9.71. The quantitative estimate of drug-likeness (QED) is 0.246. The Balaban J connectivity index is 1.29. The van der Waals surface area contributed by atoms with Crippen molar-refractivity contribution >= 4 is 0 Å². The normalized spacial score (nSPS) is 24.6. The largest absolute Gasteiger partial charge is 0.488 e. The smallest absolute Gasteiger partial charge is 0.157 e. The molecule has 6 rings (SSSR count). The molecule has 44 heavy (non-hydrogen) atoms. The zero-order valence-electron chi connectivity index (χ0n) is 25.6. The van der Waals surface area contributed by atoms with E-state index in [0.29, 0.717) is 26.2 Å². The summed E-state index contributed by atoms with van der Waals surface area (Å²) in [6.07, 6.45) is 7.60. The summed E-state index contributed by atoms with van der Waals surface area (Å²) >= 11 is 0. The van der Waals surface area contributed by atoms with Crippen LogP contribution in [-0.2, 0) is 24.5 Å². The van der Waals surface area contributed by atoms with Crippen molar-refractivity contribution < 1.29 is 33.5 Å². The minimum Gasteiger partial charge on any atom is -0.488 e. The van der Waals surface area contributed by atoms with Gasteiger partial charge in [-0.1, -0.05) is 54.6 Å². The van der Waals surface area contributed by atoms with E-state index in [2.05, 4.69) is 12.1 Å². The van der Waals surface area contributed by atoms with Crippen molar-refractivity contribution in [1.82, 2.24) is 0 Å². The van der Waals surface area contributed by atoms with Crippen LogP contribution in [0.25, 0.3) is 0 Å². The zero-order valence-corrected chi connectivity index (χ0v) is 25.6. The molecular formula is C37H46O7. The van der Waals surface area contributed by atoms with Gasteiger partial charge in [0.1, 0.15) is 29.3 Å². The molecular weight excluding hydrogens is 556 g/mol. The first-order valence-corrected chi connectivity index (χ1v) is 16.4. The van der Waals surface area contributed by atoms with E-state index in [1.54, 1.807) is 0 Å². The van der Waals surface area contributed by atoms with Gasteiger partial charge >= 0.3 is 0 Å². The fraction of sp³-hybridized carbons (Fsp3) is 0.514. The molecule has 236 valence electrons. The van der Waals surface area contributed by atoms with Crippen LogP contribution in [0.1, 0.15) is 74.0 Å².